The van der Waals surface area contributed by atoms with Crippen molar-refractivity contribution in [3.63, 3.8) is 0 Å². The third kappa shape index (κ3) is 3.23. The standard InChI is InChI=1S/C12H13N3O3/c13-15-14-10-7-17-8-11(10)18-12(16)6-9-4-2-1-3-5-9/h1-5,10-11H,6-8H2. The third-order valence-electron chi connectivity index (χ3n) is 2.67. The fraction of sp³-hybridized carbons (Fsp3) is 0.417. The number of hydrogen-bond acceptors (Lipinski definition) is 4. The van der Waals surface area contributed by atoms with Crippen LogP contribution < -0.4 is 0 Å². The maximum Gasteiger partial charge on any atom is 0.310 e. The molecular weight excluding hydrogens is 234 g/mol. The number of esters is 1. The van der Waals surface area contributed by atoms with Gasteiger partial charge in [0.2, 0.25) is 0 Å². The Balaban J connectivity index is 1.89. The van der Waals surface area contributed by atoms with Crippen LogP contribution in [-0.2, 0) is 20.7 Å². The molecule has 1 aliphatic rings. The van der Waals surface area contributed by atoms with Crippen LogP contribution in [0.3, 0.4) is 0 Å². The number of azide groups is 1. The van der Waals surface area contributed by atoms with Crippen LogP contribution in [0.1, 0.15) is 5.56 Å². The predicted octanol–water partition coefficient (Wildman–Crippen LogP) is 1.85. The Morgan fingerprint density at radius 2 is 2.22 bits per heavy atom. The van der Waals surface area contributed by atoms with Crippen LogP contribution in [0.4, 0.5) is 0 Å². The van der Waals surface area contributed by atoms with E-state index in [4.69, 9.17) is 15.0 Å². The molecule has 0 aliphatic carbocycles. The molecule has 6 heteroatoms. The van der Waals surface area contributed by atoms with Crippen LogP contribution in [0.2, 0.25) is 0 Å². The summed E-state index contributed by atoms with van der Waals surface area (Å²) < 4.78 is 10.4. The Labute approximate surface area is 104 Å². The first-order valence-corrected chi connectivity index (χ1v) is 5.65. The minimum atomic E-state index is -0.475. The normalized spacial score (nSPS) is 22.2. The lowest BCUT2D eigenvalue weighted by molar-refractivity contribution is -0.148. The summed E-state index contributed by atoms with van der Waals surface area (Å²) in [5.41, 5.74) is 9.27. The van der Waals surface area contributed by atoms with Gasteiger partial charge in [0.15, 0.2) is 0 Å². The van der Waals surface area contributed by atoms with Gasteiger partial charge in [0.05, 0.1) is 19.6 Å². The molecule has 2 unspecified atom stereocenters. The molecule has 1 saturated heterocycles. The largest absolute Gasteiger partial charge is 0.459 e. The summed E-state index contributed by atoms with van der Waals surface area (Å²) in [5, 5.41) is 3.54. The van der Waals surface area contributed by atoms with Crippen molar-refractivity contribution >= 4 is 5.97 Å². The monoisotopic (exact) mass is 247 g/mol. The van der Waals surface area contributed by atoms with E-state index in [1.54, 1.807) is 0 Å². The van der Waals surface area contributed by atoms with Gasteiger partial charge in [-0.3, -0.25) is 4.79 Å². The molecular formula is C12H13N3O3. The zero-order valence-corrected chi connectivity index (χ0v) is 9.73. The van der Waals surface area contributed by atoms with Crippen molar-refractivity contribution in [2.75, 3.05) is 13.2 Å². The molecule has 0 spiro atoms. The van der Waals surface area contributed by atoms with Gasteiger partial charge in [-0.15, -0.1) is 0 Å². The highest BCUT2D eigenvalue weighted by Gasteiger charge is 2.30. The lowest BCUT2D eigenvalue weighted by Gasteiger charge is -2.14. The molecule has 6 nitrogen and oxygen atoms in total. The number of carbonyl (C=O) groups is 1. The van der Waals surface area contributed by atoms with Crippen LogP contribution >= 0.6 is 0 Å². The first-order chi connectivity index (χ1) is 8.79. The molecule has 1 fully saturated rings. The van der Waals surface area contributed by atoms with Crippen LogP contribution in [-0.4, -0.2) is 31.3 Å². The van der Waals surface area contributed by atoms with Gasteiger partial charge >= 0.3 is 5.97 Å². The van der Waals surface area contributed by atoms with Crippen LogP contribution in [0.15, 0.2) is 35.4 Å². The first kappa shape index (κ1) is 12.4. The van der Waals surface area contributed by atoms with Crippen molar-refractivity contribution in [3.8, 4) is 0 Å². The molecule has 0 aromatic heterocycles. The topological polar surface area (TPSA) is 84.3 Å². The number of carbonyl (C=O) groups excluding carboxylic acids is 1. The van der Waals surface area contributed by atoms with Crippen molar-refractivity contribution in [3.05, 3.63) is 46.3 Å². The van der Waals surface area contributed by atoms with Crippen molar-refractivity contribution < 1.29 is 14.3 Å². The Kier molecular flexibility index (Phi) is 4.17. The quantitative estimate of drug-likeness (QED) is 0.352. The summed E-state index contributed by atoms with van der Waals surface area (Å²) in [6, 6.07) is 8.91. The smallest absolute Gasteiger partial charge is 0.310 e. The molecule has 0 amide bonds. The van der Waals surface area contributed by atoms with Gasteiger partial charge in [-0.05, 0) is 11.1 Å². The fourth-order valence-electron chi connectivity index (χ4n) is 1.78. The molecule has 1 aromatic rings. The Morgan fingerprint density at radius 1 is 1.44 bits per heavy atom. The van der Waals surface area contributed by atoms with Crippen molar-refractivity contribution in [2.24, 2.45) is 5.11 Å². The molecule has 1 aromatic carbocycles. The molecule has 94 valence electrons. The SMILES string of the molecule is [N-]=[N+]=NC1COCC1OC(=O)Cc1ccccc1. The zero-order chi connectivity index (χ0) is 12.8. The minimum absolute atomic E-state index is 0.209. The molecule has 2 rings (SSSR count). The second-order valence-electron chi connectivity index (χ2n) is 4.00. The van der Waals surface area contributed by atoms with Gasteiger partial charge in [-0.25, -0.2) is 0 Å². The maximum absolute atomic E-state index is 11.7. The van der Waals surface area contributed by atoms with Gasteiger partial charge in [0.25, 0.3) is 0 Å². The third-order valence-corrected chi connectivity index (χ3v) is 2.67. The molecule has 1 heterocycles. The average molecular weight is 247 g/mol. The Bertz CT molecular complexity index is 457. The number of benzene rings is 1. The zero-order valence-electron chi connectivity index (χ0n) is 9.73. The highest BCUT2D eigenvalue weighted by Crippen LogP contribution is 2.14. The van der Waals surface area contributed by atoms with Crippen LogP contribution in [0.25, 0.3) is 10.4 Å². The van der Waals surface area contributed by atoms with Crippen LogP contribution in [0.5, 0.6) is 0 Å². The number of rotatable bonds is 4. The Hall–Kier alpha value is -2.04. The lowest BCUT2D eigenvalue weighted by atomic mass is 10.1. The Morgan fingerprint density at radius 3 is 2.94 bits per heavy atom. The van der Waals surface area contributed by atoms with E-state index < -0.39 is 12.1 Å². The van der Waals surface area contributed by atoms with Gasteiger partial charge in [0, 0.05) is 4.91 Å². The van der Waals surface area contributed by atoms with E-state index in [1.165, 1.54) is 0 Å². The molecule has 0 radical (unpaired) electrons. The lowest BCUT2D eigenvalue weighted by Crippen LogP contribution is -2.28. The van der Waals surface area contributed by atoms with E-state index in [0.717, 1.165) is 5.56 Å². The second-order valence-corrected chi connectivity index (χ2v) is 4.00. The second kappa shape index (κ2) is 6.05. The van der Waals surface area contributed by atoms with Gasteiger partial charge in [0.1, 0.15) is 12.1 Å². The summed E-state index contributed by atoms with van der Waals surface area (Å²) >= 11 is 0. The van der Waals surface area contributed by atoms with Gasteiger partial charge in [-0.2, -0.15) is 0 Å². The minimum Gasteiger partial charge on any atom is -0.459 e. The number of ether oxygens (including phenoxy) is 2. The molecule has 1 aliphatic heterocycles. The van der Waals surface area contributed by atoms with E-state index in [-0.39, 0.29) is 19.0 Å². The van der Waals surface area contributed by atoms with Crippen molar-refractivity contribution in [1.82, 2.24) is 0 Å². The van der Waals surface area contributed by atoms with Crippen molar-refractivity contribution in [1.29, 1.82) is 0 Å². The number of nitrogens with zero attached hydrogens (tertiary/aromatic N) is 3. The van der Waals surface area contributed by atoms with E-state index in [9.17, 15) is 4.79 Å². The van der Waals surface area contributed by atoms with Crippen molar-refractivity contribution in [2.45, 2.75) is 18.6 Å². The summed E-state index contributed by atoms with van der Waals surface area (Å²) in [6.07, 6.45) is -0.266. The highest BCUT2D eigenvalue weighted by atomic mass is 16.6. The highest BCUT2D eigenvalue weighted by molar-refractivity contribution is 5.72. The van der Waals surface area contributed by atoms with Crippen LogP contribution in [0, 0.1) is 0 Å². The predicted molar refractivity (Wildman–Crippen MR) is 63.8 cm³/mol. The van der Waals surface area contributed by atoms with E-state index in [0.29, 0.717) is 6.61 Å². The summed E-state index contributed by atoms with van der Waals surface area (Å²) in [5.74, 6) is -0.338. The maximum atomic E-state index is 11.7. The summed E-state index contributed by atoms with van der Waals surface area (Å²) in [7, 11) is 0. The fourth-order valence-corrected chi connectivity index (χ4v) is 1.78. The summed E-state index contributed by atoms with van der Waals surface area (Å²) in [4.78, 5) is 14.4. The van der Waals surface area contributed by atoms with E-state index in [2.05, 4.69) is 10.0 Å². The molecule has 0 bridgehead atoms. The molecule has 2 atom stereocenters. The molecule has 0 saturated carbocycles. The van der Waals surface area contributed by atoms with E-state index in [1.807, 2.05) is 30.3 Å². The van der Waals surface area contributed by atoms with E-state index >= 15 is 0 Å². The molecule has 18 heavy (non-hydrogen) atoms. The van der Waals surface area contributed by atoms with Gasteiger partial charge < -0.3 is 9.47 Å². The average Bonchev–Trinajstić information content (AvgIpc) is 2.78. The van der Waals surface area contributed by atoms with Gasteiger partial charge in [-0.1, -0.05) is 35.4 Å². The first-order valence-electron chi connectivity index (χ1n) is 5.65. The summed E-state index contributed by atoms with van der Waals surface area (Å²) in [6.45, 7) is 0.581. The number of hydrogen-bond donors (Lipinski definition) is 0. The molecule has 0 N–H and O–H groups in total.